The van der Waals surface area contributed by atoms with Gasteiger partial charge in [-0.1, -0.05) is 26.7 Å². The van der Waals surface area contributed by atoms with Crippen LogP contribution in [0.15, 0.2) is 0 Å². The topological polar surface area (TPSA) is 113 Å². The molecule has 6 nitrogen and oxygen atoms in total. The van der Waals surface area contributed by atoms with Crippen molar-refractivity contribution in [3.05, 3.63) is 0 Å². The lowest BCUT2D eigenvalue weighted by Crippen LogP contribution is -2.52. The number of aliphatic hydroxyl groups excluding tert-OH is 1. The van der Waals surface area contributed by atoms with Gasteiger partial charge in [0, 0.05) is 24.9 Å². The quantitative estimate of drug-likeness (QED) is 0.576. The molecule has 1 aliphatic carbocycles. The average molecular weight is 323 g/mol. The lowest BCUT2D eigenvalue weighted by Gasteiger charge is -2.35. The van der Waals surface area contributed by atoms with Crippen LogP contribution in [0.25, 0.3) is 0 Å². The van der Waals surface area contributed by atoms with Crippen LogP contribution < -0.4 is 11.1 Å². The van der Waals surface area contributed by atoms with E-state index in [0.29, 0.717) is 0 Å². The van der Waals surface area contributed by atoms with Gasteiger partial charge in [-0.2, -0.15) is 0 Å². The standard InChI is InChI=1S/C14H26N2O4.ClH/c1-4-8(5-2)12(16-7(3)17)11-10(15)6-9(13(11)18)14(19)20;/h8-13,18H,4-6,15H2,1-3H3,(H,16,17)(H,19,20);1H. The van der Waals surface area contributed by atoms with E-state index >= 15 is 0 Å². The Kier molecular flexibility index (Phi) is 8.21. The Labute approximate surface area is 131 Å². The van der Waals surface area contributed by atoms with Crippen molar-refractivity contribution in [2.75, 3.05) is 0 Å². The highest BCUT2D eigenvalue weighted by molar-refractivity contribution is 5.85. The summed E-state index contributed by atoms with van der Waals surface area (Å²) in [6.45, 7) is 5.46. The molecule has 5 atom stereocenters. The highest BCUT2D eigenvalue weighted by Crippen LogP contribution is 2.36. The van der Waals surface area contributed by atoms with Gasteiger partial charge in [0.15, 0.2) is 0 Å². The summed E-state index contributed by atoms with van der Waals surface area (Å²) in [4.78, 5) is 22.6. The zero-order valence-electron chi connectivity index (χ0n) is 12.8. The minimum absolute atomic E-state index is 0. The van der Waals surface area contributed by atoms with Gasteiger partial charge in [-0.05, 0) is 12.3 Å². The minimum Gasteiger partial charge on any atom is -0.481 e. The van der Waals surface area contributed by atoms with E-state index in [1.165, 1.54) is 6.92 Å². The van der Waals surface area contributed by atoms with Crippen LogP contribution in [0.5, 0.6) is 0 Å². The highest BCUT2D eigenvalue weighted by atomic mass is 35.5. The summed E-state index contributed by atoms with van der Waals surface area (Å²) < 4.78 is 0. The van der Waals surface area contributed by atoms with Crippen molar-refractivity contribution >= 4 is 24.3 Å². The summed E-state index contributed by atoms with van der Waals surface area (Å²) in [5.41, 5.74) is 6.05. The molecule has 7 heteroatoms. The number of halogens is 1. The number of nitrogens with one attached hydrogen (secondary N) is 1. The van der Waals surface area contributed by atoms with Crippen LogP contribution in [-0.2, 0) is 9.59 Å². The molecule has 0 aromatic heterocycles. The fourth-order valence-electron chi connectivity index (χ4n) is 3.40. The monoisotopic (exact) mass is 322 g/mol. The first-order valence-electron chi connectivity index (χ1n) is 7.26. The Bertz CT molecular complexity index is 363. The molecule has 0 aromatic rings. The molecule has 0 heterocycles. The van der Waals surface area contributed by atoms with Crippen LogP contribution in [0.4, 0.5) is 0 Å². The fourth-order valence-corrected chi connectivity index (χ4v) is 3.40. The van der Waals surface area contributed by atoms with Crippen LogP contribution in [0.2, 0.25) is 0 Å². The van der Waals surface area contributed by atoms with E-state index in [2.05, 4.69) is 5.32 Å². The Morgan fingerprint density at radius 1 is 1.33 bits per heavy atom. The SMILES string of the molecule is CCC(CC)C(NC(C)=O)C1C(N)CC(C(=O)O)C1O.Cl. The number of carboxylic acid groups (broad SMARTS) is 1. The molecule has 1 rings (SSSR count). The van der Waals surface area contributed by atoms with Crippen LogP contribution in [0.3, 0.4) is 0 Å². The zero-order chi connectivity index (χ0) is 15.4. The third-order valence-corrected chi connectivity index (χ3v) is 4.49. The normalized spacial score (nSPS) is 29.8. The summed E-state index contributed by atoms with van der Waals surface area (Å²) in [5.74, 6) is -2.29. The smallest absolute Gasteiger partial charge is 0.309 e. The summed E-state index contributed by atoms with van der Waals surface area (Å²) in [6.07, 6.45) is 0.918. The number of carbonyl (C=O) groups is 2. The molecule has 21 heavy (non-hydrogen) atoms. The van der Waals surface area contributed by atoms with Gasteiger partial charge >= 0.3 is 5.97 Å². The first kappa shape index (κ1) is 20.1. The van der Waals surface area contributed by atoms with Crippen LogP contribution in [-0.4, -0.2) is 40.3 Å². The van der Waals surface area contributed by atoms with Gasteiger partial charge in [-0.15, -0.1) is 12.4 Å². The molecule has 0 saturated heterocycles. The van der Waals surface area contributed by atoms with Crippen molar-refractivity contribution in [2.24, 2.45) is 23.5 Å². The van der Waals surface area contributed by atoms with E-state index in [1.54, 1.807) is 0 Å². The summed E-state index contributed by atoms with van der Waals surface area (Å²) in [6, 6.07) is -0.694. The number of amides is 1. The van der Waals surface area contributed by atoms with Crippen molar-refractivity contribution in [3.8, 4) is 0 Å². The van der Waals surface area contributed by atoms with Crippen molar-refractivity contribution in [3.63, 3.8) is 0 Å². The Balaban J connectivity index is 0.00000400. The highest BCUT2D eigenvalue weighted by Gasteiger charge is 2.49. The number of hydrogen-bond donors (Lipinski definition) is 4. The molecule has 0 spiro atoms. The number of nitrogens with two attached hydrogens (primary N) is 1. The van der Waals surface area contributed by atoms with Gasteiger partial charge < -0.3 is 21.3 Å². The molecule has 1 aliphatic rings. The maximum absolute atomic E-state index is 11.4. The molecule has 0 aromatic carbocycles. The number of aliphatic hydroxyl groups is 1. The number of rotatable bonds is 6. The molecule has 0 radical (unpaired) electrons. The van der Waals surface area contributed by atoms with E-state index in [1.807, 2.05) is 13.8 Å². The third-order valence-electron chi connectivity index (χ3n) is 4.49. The fraction of sp³-hybridized carbons (Fsp3) is 0.857. The molecule has 1 amide bonds. The molecule has 1 fully saturated rings. The van der Waals surface area contributed by atoms with Gasteiger partial charge in [0.25, 0.3) is 0 Å². The predicted octanol–water partition coefficient (Wildman–Crippen LogP) is 0.758. The van der Waals surface area contributed by atoms with Crippen molar-refractivity contribution in [2.45, 2.75) is 58.2 Å². The summed E-state index contributed by atoms with van der Waals surface area (Å²) in [5, 5.41) is 22.3. The largest absolute Gasteiger partial charge is 0.481 e. The number of hydrogen-bond acceptors (Lipinski definition) is 4. The van der Waals surface area contributed by atoms with E-state index < -0.39 is 30.0 Å². The molecule has 5 N–H and O–H groups in total. The van der Waals surface area contributed by atoms with E-state index in [4.69, 9.17) is 10.8 Å². The van der Waals surface area contributed by atoms with Crippen LogP contribution in [0.1, 0.15) is 40.0 Å². The van der Waals surface area contributed by atoms with Crippen molar-refractivity contribution in [1.29, 1.82) is 0 Å². The second kappa shape index (κ2) is 8.56. The molecule has 124 valence electrons. The number of carbonyl (C=O) groups excluding carboxylic acids is 1. The van der Waals surface area contributed by atoms with Crippen LogP contribution in [0, 0.1) is 17.8 Å². The average Bonchev–Trinajstić information content (AvgIpc) is 2.65. The number of aliphatic carboxylic acids is 1. The third kappa shape index (κ3) is 4.56. The summed E-state index contributed by atoms with van der Waals surface area (Å²) >= 11 is 0. The van der Waals surface area contributed by atoms with E-state index in [9.17, 15) is 14.7 Å². The Morgan fingerprint density at radius 3 is 2.19 bits per heavy atom. The van der Waals surface area contributed by atoms with Gasteiger partial charge in [-0.25, -0.2) is 0 Å². The Hall–Kier alpha value is -0.850. The Morgan fingerprint density at radius 2 is 1.86 bits per heavy atom. The predicted molar refractivity (Wildman–Crippen MR) is 82.1 cm³/mol. The maximum Gasteiger partial charge on any atom is 0.309 e. The maximum atomic E-state index is 11.4. The molecule has 1 saturated carbocycles. The second-order valence-electron chi connectivity index (χ2n) is 5.72. The summed E-state index contributed by atoms with van der Waals surface area (Å²) in [7, 11) is 0. The first-order valence-corrected chi connectivity index (χ1v) is 7.26. The minimum atomic E-state index is -1.03. The molecule has 5 unspecified atom stereocenters. The van der Waals surface area contributed by atoms with Crippen molar-refractivity contribution in [1.82, 2.24) is 5.32 Å². The van der Waals surface area contributed by atoms with E-state index in [-0.39, 0.29) is 36.7 Å². The zero-order valence-corrected chi connectivity index (χ0v) is 13.6. The first-order chi connectivity index (χ1) is 9.33. The molecular weight excluding hydrogens is 296 g/mol. The van der Waals surface area contributed by atoms with Gasteiger partial charge in [-0.3, -0.25) is 9.59 Å². The van der Waals surface area contributed by atoms with Gasteiger partial charge in [0.1, 0.15) is 0 Å². The second-order valence-corrected chi connectivity index (χ2v) is 5.72. The van der Waals surface area contributed by atoms with Gasteiger partial charge in [0.05, 0.1) is 12.0 Å². The molecule has 0 aliphatic heterocycles. The molecule has 0 bridgehead atoms. The van der Waals surface area contributed by atoms with Gasteiger partial charge in [0.2, 0.25) is 5.91 Å². The molecular formula is C14H27ClN2O4. The lowest BCUT2D eigenvalue weighted by atomic mass is 9.80. The van der Waals surface area contributed by atoms with Crippen molar-refractivity contribution < 1.29 is 19.8 Å². The van der Waals surface area contributed by atoms with E-state index in [0.717, 1.165) is 12.8 Å². The lowest BCUT2D eigenvalue weighted by molar-refractivity contribution is -0.145. The van der Waals surface area contributed by atoms with Crippen LogP contribution >= 0.6 is 12.4 Å². The number of carboxylic acids is 1.